The standard InChI is InChI=1S/C14H12F3N3O2S/c1-23-13-10(3-2-6-18-13)12(21)20-9-4-5-11(19-7-9)22-8-14(15,16)17/h2-7H,8H2,1H3,(H,20,21). The van der Waals surface area contributed by atoms with E-state index in [0.29, 0.717) is 16.3 Å². The van der Waals surface area contributed by atoms with Crippen LogP contribution in [0.2, 0.25) is 0 Å². The summed E-state index contributed by atoms with van der Waals surface area (Å²) in [5.74, 6) is -0.556. The fourth-order valence-electron chi connectivity index (χ4n) is 1.62. The molecule has 0 aliphatic carbocycles. The van der Waals surface area contributed by atoms with Crippen LogP contribution in [0.3, 0.4) is 0 Å². The van der Waals surface area contributed by atoms with Gasteiger partial charge in [-0.2, -0.15) is 13.2 Å². The average molecular weight is 343 g/mol. The zero-order valence-corrected chi connectivity index (χ0v) is 12.7. The molecule has 0 radical (unpaired) electrons. The molecule has 1 N–H and O–H groups in total. The van der Waals surface area contributed by atoms with E-state index in [0.717, 1.165) is 0 Å². The highest BCUT2D eigenvalue weighted by Crippen LogP contribution is 2.20. The normalized spacial score (nSPS) is 11.1. The van der Waals surface area contributed by atoms with Crippen molar-refractivity contribution in [3.63, 3.8) is 0 Å². The first-order valence-corrected chi connectivity index (χ1v) is 7.57. The van der Waals surface area contributed by atoms with E-state index >= 15 is 0 Å². The molecule has 0 spiro atoms. The Labute approximate surface area is 134 Å². The molecule has 0 atom stereocenters. The maximum absolute atomic E-state index is 12.2. The van der Waals surface area contributed by atoms with E-state index in [-0.39, 0.29) is 11.8 Å². The van der Waals surface area contributed by atoms with Crippen LogP contribution < -0.4 is 10.1 Å². The molecule has 0 unspecified atom stereocenters. The quantitative estimate of drug-likeness (QED) is 0.843. The van der Waals surface area contributed by atoms with Crippen LogP contribution in [-0.2, 0) is 0 Å². The predicted molar refractivity (Wildman–Crippen MR) is 79.8 cm³/mol. The minimum absolute atomic E-state index is 0.175. The van der Waals surface area contributed by atoms with Gasteiger partial charge in [0, 0.05) is 12.3 Å². The van der Waals surface area contributed by atoms with Gasteiger partial charge in [0.1, 0.15) is 5.03 Å². The third-order valence-electron chi connectivity index (χ3n) is 2.59. The average Bonchev–Trinajstić information content (AvgIpc) is 2.53. The number of pyridine rings is 2. The molecule has 23 heavy (non-hydrogen) atoms. The number of ether oxygens (including phenoxy) is 1. The molecule has 2 rings (SSSR count). The second kappa shape index (κ2) is 7.32. The molecule has 0 saturated heterocycles. The molecule has 2 heterocycles. The van der Waals surface area contributed by atoms with Crippen molar-refractivity contribution in [2.24, 2.45) is 0 Å². The lowest BCUT2D eigenvalue weighted by Crippen LogP contribution is -2.19. The minimum Gasteiger partial charge on any atom is -0.468 e. The van der Waals surface area contributed by atoms with Gasteiger partial charge in [0.15, 0.2) is 6.61 Å². The van der Waals surface area contributed by atoms with Gasteiger partial charge in [-0.25, -0.2) is 9.97 Å². The molecule has 0 bridgehead atoms. The van der Waals surface area contributed by atoms with Crippen LogP contribution in [0.25, 0.3) is 0 Å². The van der Waals surface area contributed by atoms with Crippen molar-refractivity contribution in [1.29, 1.82) is 0 Å². The van der Waals surface area contributed by atoms with Crippen LogP contribution in [0, 0.1) is 0 Å². The Kier molecular flexibility index (Phi) is 5.43. The lowest BCUT2D eigenvalue weighted by atomic mass is 10.2. The largest absolute Gasteiger partial charge is 0.468 e. The van der Waals surface area contributed by atoms with Crippen molar-refractivity contribution in [2.75, 3.05) is 18.2 Å². The van der Waals surface area contributed by atoms with Crippen LogP contribution >= 0.6 is 11.8 Å². The highest BCUT2D eigenvalue weighted by Gasteiger charge is 2.28. The van der Waals surface area contributed by atoms with Gasteiger partial charge in [-0.05, 0) is 24.5 Å². The first-order valence-electron chi connectivity index (χ1n) is 6.35. The fourth-order valence-corrected chi connectivity index (χ4v) is 2.17. The summed E-state index contributed by atoms with van der Waals surface area (Å²) in [7, 11) is 0. The monoisotopic (exact) mass is 343 g/mol. The van der Waals surface area contributed by atoms with Gasteiger partial charge in [0.2, 0.25) is 5.88 Å². The lowest BCUT2D eigenvalue weighted by Gasteiger charge is -2.10. The molecule has 2 aromatic heterocycles. The fraction of sp³-hybridized carbons (Fsp3) is 0.214. The number of hydrogen-bond acceptors (Lipinski definition) is 5. The van der Waals surface area contributed by atoms with E-state index < -0.39 is 12.8 Å². The smallest absolute Gasteiger partial charge is 0.422 e. The predicted octanol–water partition coefficient (Wildman–Crippen LogP) is 3.39. The van der Waals surface area contributed by atoms with Gasteiger partial charge in [-0.1, -0.05) is 0 Å². The number of aromatic nitrogens is 2. The van der Waals surface area contributed by atoms with Crippen LogP contribution in [0.4, 0.5) is 18.9 Å². The highest BCUT2D eigenvalue weighted by molar-refractivity contribution is 7.98. The van der Waals surface area contributed by atoms with E-state index in [2.05, 4.69) is 20.0 Å². The Bertz CT molecular complexity index is 678. The molecule has 0 aliphatic rings. The number of carbonyl (C=O) groups excluding carboxylic acids is 1. The summed E-state index contributed by atoms with van der Waals surface area (Å²) in [5.41, 5.74) is 0.739. The summed E-state index contributed by atoms with van der Waals surface area (Å²) in [6.45, 7) is -1.42. The Morgan fingerprint density at radius 2 is 2.09 bits per heavy atom. The summed E-state index contributed by atoms with van der Waals surface area (Å²) in [4.78, 5) is 20.0. The number of amides is 1. The molecule has 5 nitrogen and oxygen atoms in total. The topological polar surface area (TPSA) is 64.1 Å². The minimum atomic E-state index is -4.43. The summed E-state index contributed by atoms with van der Waals surface area (Å²) < 4.78 is 40.6. The van der Waals surface area contributed by atoms with Gasteiger partial charge >= 0.3 is 6.18 Å². The van der Waals surface area contributed by atoms with E-state index in [4.69, 9.17) is 0 Å². The lowest BCUT2D eigenvalue weighted by molar-refractivity contribution is -0.154. The Morgan fingerprint density at radius 1 is 1.30 bits per heavy atom. The van der Waals surface area contributed by atoms with Gasteiger partial charge in [0.25, 0.3) is 5.91 Å². The maximum Gasteiger partial charge on any atom is 0.422 e. The van der Waals surface area contributed by atoms with E-state index in [9.17, 15) is 18.0 Å². The third-order valence-corrected chi connectivity index (χ3v) is 3.30. The summed E-state index contributed by atoms with van der Waals surface area (Å²) in [5, 5.41) is 3.17. The summed E-state index contributed by atoms with van der Waals surface area (Å²) in [6.07, 6.45) is 0.173. The number of rotatable bonds is 5. The van der Waals surface area contributed by atoms with Gasteiger partial charge in [-0.3, -0.25) is 4.79 Å². The highest BCUT2D eigenvalue weighted by atomic mass is 32.2. The second-order valence-electron chi connectivity index (χ2n) is 4.30. The van der Waals surface area contributed by atoms with Crippen molar-refractivity contribution >= 4 is 23.4 Å². The van der Waals surface area contributed by atoms with Crippen molar-refractivity contribution in [3.8, 4) is 5.88 Å². The SMILES string of the molecule is CSc1ncccc1C(=O)Nc1ccc(OCC(F)(F)F)nc1. The van der Waals surface area contributed by atoms with E-state index in [1.165, 1.54) is 30.1 Å². The maximum atomic E-state index is 12.2. The molecule has 1 amide bonds. The first kappa shape index (κ1) is 17.1. The van der Waals surface area contributed by atoms with Crippen LogP contribution in [0.15, 0.2) is 41.7 Å². The molecule has 0 saturated carbocycles. The Hall–Kier alpha value is -2.29. The summed E-state index contributed by atoms with van der Waals surface area (Å²) >= 11 is 1.33. The van der Waals surface area contributed by atoms with Crippen molar-refractivity contribution in [1.82, 2.24) is 9.97 Å². The van der Waals surface area contributed by atoms with Crippen LogP contribution in [0.1, 0.15) is 10.4 Å². The molecule has 9 heteroatoms. The van der Waals surface area contributed by atoms with Crippen molar-refractivity contribution in [3.05, 3.63) is 42.2 Å². The van der Waals surface area contributed by atoms with Gasteiger partial charge in [0.05, 0.1) is 17.4 Å². The Morgan fingerprint density at radius 3 is 2.70 bits per heavy atom. The number of halogens is 3. The third kappa shape index (κ3) is 5.13. The molecule has 0 aliphatic heterocycles. The summed E-state index contributed by atoms with van der Waals surface area (Å²) in [6, 6.07) is 5.93. The second-order valence-corrected chi connectivity index (χ2v) is 5.10. The Balaban J connectivity index is 2.02. The number of anilines is 1. The number of nitrogens with one attached hydrogen (secondary N) is 1. The zero-order valence-electron chi connectivity index (χ0n) is 11.9. The number of alkyl halides is 3. The molecule has 122 valence electrons. The van der Waals surface area contributed by atoms with Crippen LogP contribution in [0.5, 0.6) is 5.88 Å². The van der Waals surface area contributed by atoms with Crippen LogP contribution in [-0.4, -0.2) is 34.9 Å². The molecule has 0 fully saturated rings. The number of hydrogen-bond donors (Lipinski definition) is 1. The molecular weight excluding hydrogens is 331 g/mol. The van der Waals surface area contributed by atoms with Crippen molar-refractivity contribution in [2.45, 2.75) is 11.2 Å². The number of carbonyl (C=O) groups is 1. The van der Waals surface area contributed by atoms with Gasteiger partial charge in [-0.15, -0.1) is 11.8 Å². The zero-order chi connectivity index (χ0) is 16.9. The van der Waals surface area contributed by atoms with E-state index in [1.54, 1.807) is 24.6 Å². The molecule has 0 aromatic carbocycles. The van der Waals surface area contributed by atoms with Crippen molar-refractivity contribution < 1.29 is 22.7 Å². The van der Waals surface area contributed by atoms with E-state index in [1.807, 2.05) is 0 Å². The molecule has 2 aromatic rings. The first-order chi connectivity index (χ1) is 10.9. The van der Waals surface area contributed by atoms with Gasteiger partial charge < -0.3 is 10.1 Å². The molecular formula is C14H12F3N3O2S. The number of thioether (sulfide) groups is 1. The number of nitrogens with zero attached hydrogens (tertiary/aromatic N) is 2.